The van der Waals surface area contributed by atoms with Crippen LogP contribution in [0.15, 0.2) is 54.6 Å². The lowest BCUT2D eigenvalue weighted by Gasteiger charge is -2.29. The van der Waals surface area contributed by atoms with Gasteiger partial charge in [0.05, 0.1) is 7.11 Å². The Hall–Kier alpha value is -3.19. The number of methoxy groups -OCH3 is 1. The SMILES string of the molecule is COC(=O)[C@]1(Cc2ccccc2)[NH2+][C@H](c2ccc(O)cc2)[C@H]2C(=O)N(C)C(=O)[C@H]21. The molecule has 7 heteroatoms. The molecule has 0 bridgehead atoms. The number of aromatic hydroxyl groups is 1. The molecule has 0 spiro atoms. The summed E-state index contributed by atoms with van der Waals surface area (Å²) in [5, 5.41) is 11.4. The number of benzene rings is 2. The van der Waals surface area contributed by atoms with E-state index in [2.05, 4.69) is 0 Å². The first-order chi connectivity index (χ1) is 13.9. The molecule has 0 radical (unpaired) electrons. The van der Waals surface area contributed by atoms with E-state index in [1.54, 1.807) is 24.3 Å². The molecule has 2 aromatic carbocycles. The van der Waals surface area contributed by atoms with Gasteiger partial charge in [0.15, 0.2) is 0 Å². The summed E-state index contributed by atoms with van der Waals surface area (Å²) in [6.45, 7) is 0. The fourth-order valence-electron chi connectivity index (χ4n) is 4.83. The maximum atomic E-state index is 13.1. The summed E-state index contributed by atoms with van der Waals surface area (Å²) in [5.41, 5.74) is 0.406. The van der Waals surface area contributed by atoms with Gasteiger partial charge in [0, 0.05) is 19.0 Å². The van der Waals surface area contributed by atoms with Crippen LogP contribution in [-0.4, -0.2) is 47.5 Å². The van der Waals surface area contributed by atoms with E-state index in [0.717, 1.165) is 16.0 Å². The minimum Gasteiger partial charge on any atom is -0.508 e. The number of likely N-dealkylation sites (tertiary alicyclic amines) is 1. The molecule has 2 aliphatic heterocycles. The summed E-state index contributed by atoms with van der Waals surface area (Å²) in [6.07, 6.45) is 0.267. The maximum absolute atomic E-state index is 13.1. The Labute approximate surface area is 168 Å². The Bertz CT molecular complexity index is 959. The number of phenols is 1. The summed E-state index contributed by atoms with van der Waals surface area (Å²) < 4.78 is 5.15. The number of nitrogens with zero attached hydrogens (tertiary/aromatic N) is 1. The molecule has 2 fully saturated rings. The summed E-state index contributed by atoms with van der Waals surface area (Å²) in [7, 11) is 2.76. The number of quaternary nitrogens is 1. The van der Waals surface area contributed by atoms with Crippen molar-refractivity contribution in [3.63, 3.8) is 0 Å². The molecule has 0 aromatic heterocycles. The summed E-state index contributed by atoms with van der Waals surface area (Å²) in [6, 6.07) is 15.5. The van der Waals surface area contributed by atoms with Gasteiger partial charge < -0.3 is 15.2 Å². The number of carbonyl (C=O) groups excluding carboxylic acids is 3. The van der Waals surface area contributed by atoms with Crippen molar-refractivity contribution < 1.29 is 29.5 Å². The van der Waals surface area contributed by atoms with Crippen molar-refractivity contribution in [2.24, 2.45) is 11.8 Å². The molecule has 2 aromatic rings. The van der Waals surface area contributed by atoms with E-state index in [4.69, 9.17) is 4.74 Å². The predicted molar refractivity (Wildman–Crippen MR) is 102 cm³/mol. The molecular weight excluding hydrogens is 372 g/mol. The number of rotatable bonds is 4. The zero-order valence-corrected chi connectivity index (χ0v) is 16.2. The van der Waals surface area contributed by atoms with E-state index in [9.17, 15) is 19.5 Å². The quantitative estimate of drug-likeness (QED) is 0.576. The van der Waals surface area contributed by atoms with Crippen LogP contribution in [-0.2, 0) is 25.5 Å². The Balaban J connectivity index is 1.85. The van der Waals surface area contributed by atoms with Gasteiger partial charge in [0.25, 0.3) is 0 Å². The van der Waals surface area contributed by atoms with Gasteiger partial charge in [-0.25, -0.2) is 4.79 Å². The second-order valence-electron chi connectivity index (χ2n) is 7.72. The van der Waals surface area contributed by atoms with Gasteiger partial charge >= 0.3 is 5.97 Å². The molecule has 0 unspecified atom stereocenters. The Morgan fingerprint density at radius 1 is 1.10 bits per heavy atom. The van der Waals surface area contributed by atoms with Crippen LogP contribution in [0.4, 0.5) is 0 Å². The summed E-state index contributed by atoms with van der Waals surface area (Å²) >= 11 is 0. The highest BCUT2D eigenvalue weighted by molar-refractivity contribution is 6.08. The Kier molecular flexibility index (Phi) is 4.62. The van der Waals surface area contributed by atoms with Crippen LogP contribution >= 0.6 is 0 Å². The minimum atomic E-state index is -1.25. The van der Waals surface area contributed by atoms with E-state index < -0.39 is 29.4 Å². The average molecular weight is 395 g/mol. The highest BCUT2D eigenvalue weighted by atomic mass is 16.5. The lowest BCUT2D eigenvalue weighted by atomic mass is 9.76. The number of esters is 1. The van der Waals surface area contributed by atoms with Crippen LogP contribution in [0.5, 0.6) is 5.75 Å². The summed E-state index contributed by atoms with van der Waals surface area (Å²) in [5.74, 6) is -2.58. The lowest BCUT2D eigenvalue weighted by Crippen LogP contribution is -2.98. The van der Waals surface area contributed by atoms with Crippen molar-refractivity contribution in [2.45, 2.75) is 18.0 Å². The molecule has 7 nitrogen and oxygen atoms in total. The van der Waals surface area contributed by atoms with Crippen LogP contribution < -0.4 is 5.32 Å². The smallest absolute Gasteiger partial charge is 0.369 e. The van der Waals surface area contributed by atoms with Crippen molar-refractivity contribution in [3.05, 3.63) is 65.7 Å². The highest BCUT2D eigenvalue weighted by Gasteiger charge is 2.71. The molecular formula is C22H23N2O5+. The van der Waals surface area contributed by atoms with Gasteiger partial charge in [-0.05, 0) is 29.8 Å². The number of fused-ring (bicyclic) bond motifs is 1. The molecule has 4 atom stereocenters. The van der Waals surface area contributed by atoms with Gasteiger partial charge in [-0.1, -0.05) is 30.3 Å². The summed E-state index contributed by atoms with van der Waals surface area (Å²) in [4.78, 5) is 40.3. The zero-order valence-electron chi connectivity index (χ0n) is 16.2. The third kappa shape index (κ3) is 2.89. The second kappa shape index (κ2) is 7.00. The van der Waals surface area contributed by atoms with Crippen molar-refractivity contribution in [1.29, 1.82) is 0 Å². The maximum Gasteiger partial charge on any atom is 0.369 e. The van der Waals surface area contributed by atoms with E-state index in [-0.39, 0.29) is 24.0 Å². The monoisotopic (exact) mass is 395 g/mol. The fraction of sp³-hybridized carbons (Fsp3) is 0.318. The normalized spacial score (nSPS) is 28.5. The number of ether oxygens (including phenoxy) is 1. The van der Waals surface area contributed by atoms with Crippen LogP contribution in [0.3, 0.4) is 0 Å². The molecule has 29 heavy (non-hydrogen) atoms. The highest BCUT2D eigenvalue weighted by Crippen LogP contribution is 2.45. The molecule has 0 aliphatic carbocycles. The van der Waals surface area contributed by atoms with Crippen molar-refractivity contribution in [3.8, 4) is 5.75 Å². The van der Waals surface area contributed by atoms with Gasteiger partial charge in [-0.2, -0.15) is 0 Å². The first-order valence-corrected chi connectivity index (χ1v) is 9.48. The van der Waals surface area contributed by atoms with E-state index >= 15 is 0 Å². The van der Waals surface area contributed by atoms with Gasteiger partial charge in [0.2, 0.25) is 17.4 Å². The molecule has 4 rings (SSSR count). The number of amides is 2. The third-order valence-electron chi connectivity index (χ3n) is 6.17. The first kappa shape index (κ1) is 19.1. The average Bonchev–Trinajstić information content (AvgIpc) is 3.19. The van der Waals surface area contributed by atoms with Gasteiger partial charge in [-0.3, -0.25) is 14.5 Å². The third-order valence-corrected chi connectivity index (χ3v) is 6.17. The largest absolute Gasteiger partial charge is 0.508 e. The lowest BCUT2D eigenvalue weighted by molar-refractivity contribution is -0.734. The van der Waals surface area contributed by atoms with Crippen molar-refractivity contribution in [2.75, 3.05) is 14.2 Å². The number of nitrogens with two attached hydrogens (primary N) is 1. The number of hydrogen-bond donors (Lipinski definition) is 2. The first-order valence-electron chi connectivity index (χ1n) is 9.48. The predicted octanol–water partition coefficient (Wildman–Crippen LogP) is 0.396. The minimum absolute atomic E-state index is 0.109. The van der Waals surface area contributed by atoms with Crippen molar-refractivity contribution in [1.82, 2.24) is 4.90 Å². The fourth-order valence-corrected chi connectivity index (χ4v) is 4.83. The number of carbonyl (C=O) groups is 3. The van der Waals surface area contributed by atoms with E-state index in [1.165, 1.54) is 14.2 Å². The molecule has 3 N–H and O–H groups in total. The molecule has 0 saturated carbocycles. The number of phenolic OH excluding ortho intramolecular Hbond substituents is 1. The molecule has 2 heterocycles. The van der Waals surface area contributed by atoms with Crippen LogP contribution in [0.2, 0.25) is 0 Å². The molecule has 2 amide bonds. The van der Waals surface area contributed by atoms with Crippen LogP contribution in [0, 0.1) is 11.8 Å². The van der Waals surface area contributed by atoms with Crippen LogP contribution in [0.1, 0.15) is 17.2 Å². The van der Waals surface area contributed by atoms with E-state index in [1.807, 2.05) is 35.6 Å². The second-order valence-corrected chi connectivity index (χ2v) is 7.72. The van der Waals surface area contributed by atoms with Crippen molar-refractivity contribution >= 4 is 17.8 Å². The molecule has 2 saturated heterocycles. The standard InChI is InChI=1S/C22H22N2O5/c1-24-19(26)16-17(20(24)27)22(21(28)29-2,12-13-6-4-3-5-7-13)23-18(16)14-8-10-15(25)11-9-14/h3-11,16-18,23,25H,12H2,1-2H3/p+1/t16-,17-,18+,22+/m0/s1. The van der Waals surface area contributed by atoms with Crippen LogP contribution in [0.25, 0.3) is 0 Å². The number of imide groups is 1. The van der Waals surface area contributed by atoms with Gasteiger partial charge in [-0.15, -0.1) is 0 Å². The Morgan fingerprint density at radius 2 is 1.76 bits per heavy atom. The molecule has 2 aliphatic rings. The zero-order chi connectivity index (χ0) is 20.8. The Morgan fingerprint density at radius 3 is 2.38 bits per heavy atom. The molecule has 150 valence electrons. The topological polar surface area (TPSA) is 101 Å². The van der Waals surface area contributed by atoms with E-state index in [0.29, 0.717) is 0 Å². The van der Waals surface area contributed by atoms with Gasteiger partial charge in [0.1, 0.15) is 23.6 Å². The number of hydrogen-bond acceptors (Lipinski definition) is 5.